The Balaban J connectivity index is -0.0000000250. The molecule has 0 saturated carbocycles. The van der Waals surface area contributed by atoms with E-state index in [4.69, 9.17) is 11.5 Å². The first-order valence-electron chi connectivity index (χ1n) is 3.45. The molecule has 94 valence electrons. The van der Waals surface area contributed by atoms with Crippen molar-refractivity contribution < 1.29 is 73.0 Å². The van der Waals surface area contributed by atoms with Crippen molar-refractivity contribution in [1.82, 2.24) is 0 Å². The summed E-state index contributed by atoms with van der Waals surface area (Å²) in [5.41, 5.74) is 10.8. The van der Waals surface area contributed by atoms with Crippen LogP contribution in [0.1, 0.15) is 0 Å². The third kappa shape index (κ3) is 36.2. The molecule has 0 heterocycles. The average molecular weight is 401 g/mol. The zero-order valence-corrected chi connectivity index (χ0v) is 16.3. The van der Waals surface area contributed by atoms with Crippen LogP contribution in [-0.4, -0.2) is 28.7 Å². The molecule has 2 amide bonds. The van der Waals surface area contributed by atoms with Gasteiger partial charge in [-0.15, -0.1) is 0 Å². The fourth-order valence-corrected chi connectivity index (χ4v) is 0. The van der Waals surface area contributed by atoms with Crippen LogP contribution in [0.25, 0.3) is 5.73 Å². The summed E-state index contributed by atoms with van der Waals surface area (Å²) in [6, 6.07) is 0. The van der Waals surface area contributed by atoms with Gasteiger partial charge in [0.05, 0.1) is 0 Å². The van der Waals surface area contributed by atoms with E-state index in [-0.39, 0.29) is 74.5 Å². The normalized spacial score (nSPS) is 6.88. The van der Waals surface area contributed by atoms with Crippen LogP contribution in [0.4, 0.5) is 9.59 Å². The summed E-state index contributed by atoms with van der Waals surface area (Å²) in [6.45, 7) is 7.35. The van der Waals surface area contributed by atoms with Crippen LogP contribution in [0, 0.1) is 0 Å². The van der Waals surface area contributed by atoms with Gasteiger partial charge in [0.15, 0.2) is 14.3 Å². The fourth-order valence-electron chi connectivity index (χ4n) is 0. The molecule has 0 aliphatic rings. The first-order valence-corrected chi connectivity index (χ1v) is 8.45. The summed E-state index contributed by atoms with van der Waals surface area (Å²) in [7, 11) is -1.74. The molecule has 0 aliphatic heterocycles. The number of rotatable bonds is 2. The van der Waals surface area contributed by atoms with Crippen molar-refractivity contribution >= 4 is 28.7 Å². The van der Waals surface area contributed by atoms with Crippen LogP contribution >= 0.6 is 0 Å². The van der Waals surface area contributed by atoms with Gasteiger partial charge in [-0.3, -0.25) is 4.79 Å². The predicted molar refractivity (Wildman–Crippen MR) is 54.3 cm³/mol. The van der Waals surface area contributed by atoms with Crippen molar-refractivity contribution in [2.24, 2.45) is 5.73 Å². The van der Waals surface area contributed by atoms with Crippen molar-refractivity contribution in [3.05, 3.63) is 5.73 Å². The first kappa shape index (κ1) is 36.0. The topological polar surface area (TPSA) is 84.0 Å². The van der Waals surface area contributed by atoms with Gasteiger partial charge in [-0.05, 0) is 0 Å². The largest absolute Gasteiger partial charge is 4.00 e. The maximum absolute atomic E-state index is 9.97. The molecule has 0 aromatic heterocycles. The van der Waals surface area contributed by atoms with Gasteiger partial charge in [0, 0.05) is 5.53 Å². The second-order valence-electron chi connectivity index (χ2n) is 2.69. The van der Waals surface area contributed by atoms with Gasteiger partial charge in [0.1, 0.15) is 8.80 Å². The summed E-state index contributed by atoms with van der Waals surface area (Å²) in [4.78, 5) is 19.8. The fraction of sp³-hybridized carbons (Fsp3) is 0.667. The molecule has 10 heteroatoms. The third-order valence-electron chi connectivity index (χ3n) is 0.947. The van der Waals surface area contributed by atoms with E-state index in [1.807, 2.05) is 13.1 Å². The molecule has 0 rings (SSSR count). The number of hydrogen-bond donors (Lipinski definition) is 1. The minimum absolute atomic E-state index is 0. The van der Waals surface area contributed by atoms with E-state index in [0.29, 0.717) is 0 Å². The number of halogens is 3. The SMILES string of the molecule is C[Si](C)C(N)=O.C[Si](C)C([NH-])=O.[Cl-].[Cl-].[Cl-].[Zr+4]. The summed E-state index contributed by atoms with van der Waals surface area (Å²) < 4.78 is 0. The Morgan fingerprint density at radius 3 is 1.06 bits per heavy atom. The number of hydrogen-bond acceptors (Lipinski definition) is 2. The van der Waals surface area contributed by atoms with Crippen LogP contribution in [0.15, 0.2) is 0 Å². The Hall–Kier alpha value is 1.13. The maximum atomic E-state index is 9.97. The number of nitrogens with one attached hydrogen (secondary N) is 1. The van der Waals surface area contributed by atoms with Crippen LogP contribution in [0.5, 0.6) is 0 Å². The smallest absolute Gasteiger partial charge is 1.00 e. The van der Waals surface area contributed by atoms with Gasteiger partial charge in [0.25, 0.3) is 0 Å². The Morgan fingerprint density at radius 1 is 0.938 bits per heavy atom. The van der Waals surface area contributed by atoms with Crippen molar-refractivity contribution in [2.75, 3.05) is 0 Å². The Kier molecular flexibility index (Phi) is 48.2. The second-order valence-corrected chi connectivity index (χ2v) is 7.64. The van der Waals surface area contributed by atoms with Gasteiger partial charge in [-0.2, -0.15) is 0 Å². The molecule has 0 fully saturated rings. The molecule has 0 aliphatic carbocycles. The van der Waals surface area contributed by atoms with E-state index in [1.54, 1.807) is 13.1 Å². The quantitative estimate of drug-likeness (QED) is 0.467. The van der Waals surface area contributed by atoms with Gasteiger partial charge in [-0.1, -0.05) is 26.2 Å². The van der Waals surface area contributed by atoms with Gasteiger partial charge in [-0.25, -0.2) is 0 Å². The first-order chi connectivity index (χ1) is 5.29. The zero-order chi connectivity index (χ0) is 10.3. The molecule has 0 bridgehead atoms. The molecule has 0 aromatic rings. The van der Waals surface area contributed by atoms with Crippen LogP contribution in [-0.2, 0) is 26.2 Å². The van der Waals surface area contributed by atoms with Crippen LogP contribution < -0.4 is 43.0 Å². The zero-order valence-electron chi connectivity index (χ0n) is 9.53. The average Bonchev–Trinajstić information content (AvgIpc) is 1.88. The Morgan fingerprint density at radius 2 is 1.06 bits per heavy atom. The maximum Gasteiger partial charge on any atom is 4.00 e. The van der Waals surface area contributed by atoms with Crippen molar-refractivity contribution in [2.45, 2.75) is 26.2 Å². The summed E-state index contributed by atoms with van der Waals surface area (Å²) >= 11 is 0. The van der Waals surface area contributed by atoms with Gasteiger partial charge in [0.2, 0.25) is 0 Å². The molecule has 0 saturated heterocycles. The van der Waals surface area contributed by atoms with Crippen molar-refractivity contribution in [1.29, 1.82) is 0 Å². The Bertz CT molecular complexity index is 158. The molecule has 0 aromatic carbocycles. The molecule has 0 atom stereocenters. The molecule has 0 spiro atoms. The van der Waals surface area contributed by atoms with Crippen LogP contribution in [0.3, 0.4) is 0 Å². The van der Waals surface area contributed by atoms with Crippen molar-refractivity contribution in [3.63, 3.8) is 0 Å². The van der Waals surface area contributed by atoms with Crippen LogP contribution in [0.2, 0.25) is 26.2 Å². The molecular weight excluding hydrogens is 386 g/mol. The third-order valence-corrected chi connectivity index (χ3v) is 2.84. The molecule has 16 heavy (non-hydrogen) atoms. The number of carbonyl (C=O) groups excluding carboxylic acids is 2. The second kappa shape index (κ2) is 21.4. The molecule has 2 radical (unpaired) electrons. The van der Waals surface area contributed by atoms with E-state index in [0.717, 1.165) is 0 Å². The van der Waals surface area contributed by atoms with E-state index in [2.05, 4.69) is 0 Å². The number of amides is 2. The van der Waals surface area contributed by atoms with E-state index in [1.165, 1.54) is 0 Å². The van der Waals surface area contributed by atoms with Gasteiger partial charge >= 0.3 is 26.2 Å². The minimum atomic E-state index is -0.924. The van der Waals surface area contributed by atoms with E-state index >= 15 is 0 Å². The predicted octanol–water partition coefficient (Wildman–Crippen LogP) is -7.09. The number of carbonyl (C=O) groups is 2. The molecular formula is C6H15Cl3N2O2Si2Zr. The summed E-state index contributed by atoms with van der Waals surface area (Å²) in [5, 5.41) is 0. The monoisotopic (exact) mass is 398 g/mol. The molecule has 3 N–H and O–H groups in total. The van der Waals surface area contributed by atoms with E-state index < -0.39 is 17.6 Å². The van der Waals surface area contributed by atoms with E-state index in [9.17, 15) is 9.59 Å². The summed E-state index contributed by atoms with van der Waals surface area (Å²) in [5.74, 6) is 0. The molecule has 4 nitrogen and oxygen atoms in total. The Labute approximate surface area is 138 Å². The van der Waals surface area contributed by atoms with Gasteiger partial charge < -0.3 is 53.5 Å². The summed E-state index contributed by atoms with van der Waals surface area (Å²) in [6.07, 6.45) is 0. The minimum Gasteiger partial charge on any atom is -1.00 e. The number of nitrogens with two attached hydrogens (primary N) is 1. The standard InChI is InChI=1S/2C3H8NOSi.3ClH.Zr/c2*1-6(2)3(4)5;;;;/h2*1-2H3,(H2,4,5);3*1H;/q;;;;;+4/p-4. The van der Waals surface area contributed by atoms with Crippen molar-refractivity contribution in [3.8, 4) is 0 Å². The number of primary amides is 1. The molecule has 0 unspecified atom stereocenters.